The van der Waals surface area contributed by atoms with E-state index < -0.39 is 17.4 Å². The number of aryl methyl sites for hydroxylation is 2. The second-order valence-electron chi connectivity index (χ2n) is 9.34. The van der Waals surface area contributed by atoms with Crippen LogP contribution in [0.25, 0.3) is 0 Å². The Labute approximate surface area is 191 Å². The number of nitrogens with zero attached hydrogens (tertiary/aromatic N) is 2. The molecule has 4 N–H and O–H groups in total. The van der Waals surface area contributed by atoms with Gasteiger partial charge in [0.2, 0.25) is 5.91 Å². The fraction of sp³-hybridized carbons (Fsp3) is 0.538. The average Bonchev–Trinajstić information content (AvgIpc) is 2.80. The molecule has 1 aromatic heterocycles. The molecule has 1 amide bonds. The van der Waals surface area contributed by atoms with Crippen molar-refractivity contribution in [2.75, 3.05) is 31.5 Å². The van der Waals surface area contributed by atoms with Gasteiger partial charge < -0.3 is 21.1 Å². The van der Waals surface area contributed by atoms with Gasteiger partial charge in [-0.05, 0) is 68.7 Å². The molecule has 4 rings (SSSR count). The lowest BCUT2D eigenvalue weighted by Gasteiger charge is -2.42. The Balaban J connectivity index is 1.19. The van der Waals surface area contributed by atoms with Crippen molar-refractivity contribution in [2.24, 2.45) is 5.73 Å². The van der Waals surface area contributed by atoms with Crippen molar-refractivity contribution in [1.82, 2.24) is 9.88 Å². The molecule has 0 radical (unpaired) electrons. The summed E-state index contributed by atoms with van der Waals surface area (Å²) >= 11 is 0. The maximum atomic E-state index is 12.2. The first-order valence-corrected chi connectivity index (χ1v) is 12.1. The highest BCUT2D eigenvalue weighted by Gasteiger charge is 2.43. The van der Waals surface area contributed by atoms with Gasteiger partial charge in [-0.25, -0.2) is 4.98 Å². The van der Waals surface area contributed by atoms with E-state index in [4.69, 9.17) is 10.7 Å². The Kier molecular flexibility index (Phi) is 7.43. The summed E-state index contributed by atoms with van der Waals surface area (Å²) in [4.78, 5) is 19.4. The number of hydrogen-bond donors (Lipinski definition) is 3. The number of unbranched alkanes of at least 4 members (excludes halogenated alkanes) is 2. The van der Waals surface area contributed by atoms with Gasteiger partial charge in [-0.3, -0.25) is 4.79 Å². The largest absolute Gasteiger partial charge is 0.389 e. The van der Waals surface area contributed by atoms with E-state index in [0.717, 1.165) is 63.2 Å². The van der Waals surface area contributed by atoms with Gasteiger partial charge in [-0.1, -0.05) is 42.8 Å². The van der Waals surface area contributed by atoms with Crippen molar-refractivity contribution >= 4 is 11.7 Å². The van der Waals surface area contributed by atoms with Gasteiger partial charge in [0, 0.05) is 25.3 Å². The van der Waals surface area contributed by atoms with Gasteiger partial charge in [0.25, 0.3) is 0 Å². The zero-order valence-corrected chi connectivity index (χ0v) is 18.9. The number of benzene rings is 1. The number of anilines is 1. The highest BCUT2D eigenvalue weighted by atomic mass is 16.3. The van der Waals surface area contributed by atoms with E-state index in [1.807, 2.05) is 30.3 Å². The summed E-state index contributed by atoms with van der Waals surface area (Å²) in [5.41, 5.74) is 7.97. The quantitative estimate of drug-likeness (QED) is 0.525. The van der Waals surface area contributed by atoms with Crippen LogP contribution in [0.15, 0.2) is 42.5 Å². The molecule has 0 unspecified atom stereocenters. The number of amides is 1. The van der Waals surface area contributed by atoms with Crippen molar-refractivity contribution < 1.29 is 9.90 Å². The van der Waals surface area contributed by atoms with Crippen molar-refractivity contribution in [2.45, 2.75) is 62.9 Å². The topological polar surface area (TPSA) is 91.5 Å². The summed E-state index contributed by atoms with van der Waals surface area (Å²) in [6, 6.07) is 13.9. The van der Waals surface area contributed by atoms with Crippen LogP contribution in [0, 0.1) is 0 Å². The number of aromatic nitrogens is 1. The summed E-state index contributed by atoms with van der Waals surface area (Å²) < 4.78 is 0. The van der Waals surface area contributed by atoms with Crippen LogP contribution in [0.1, 0.15) is 61.3 Å². The maximum absolute atomic E-state index is 12.2. The number of fused-ring (bicyclic) bond motifs is 1. The molecule has 1 fully saturated rings. The first-order chi connectivity index (χ1) is 15.5. The first-order valence-electron chi connectivity index (χ1n) is 12.1. The first kappa shape index (κ1) is 22.7. The number of rotatable bonds is 9. The number of carbonyl (C=O) groups excluding carboxylic acids is 1. The Morgan fingerprint density at radius 3 is 2.66 bits per heavy atom. The normalized spacial score (nSPS) is 19.0. The number of nitrogens with one attached hydrogen (secondary N) is 1. The van der Waals surface area contributed by atoms with Gasteiger partial charge in [-0.15, -0.1) is 0 Å². The molecule has 6 nitrogen and oxygen atoms in total. The number of likely N-dealkylation sites (tertiary alicyclic amines) is 1. The number of pyridine rings is 1. The Hall–Kier alpha value is -2.44. The highest BCUT2D eigenvalue weighted by molar-refractivity contribution is 5.83. The summed E-state index contributed by atoms with van der Waals surface area (Å²) in [5, 5.41) is 14.7. The molecular formula is C26H36N4O2. The molecule has 2 aromatic rings. The molecule has 172 valence electrons. The Morgan fingerprint density at radius 2 is 1.91 bits per heavy atom. The summed E-state index contributed by atoms with van der Waals surface area (Å²) in [7, 11) is 0. The third-order valence-electron chi connectivity index (χ3n) is 7.04. The van der Waals surface area contributed by atoms with Crippen LogP contribution in [-0.2, 0) is 17.6 Å². The number of piperidine rings is 1. The summed E-state index contributed by atoms with van der Waals surface area (Å²) in [5.74, 6) is -0.0121. The van der Waals surface area contributed by atoms with Crippen LogP contribution in [0.2, 0.25) is 0 Å². The van der Waals surface area contributed by atoms with E-state index in [1.165, 1.54) is 24.1 Å². The second kappa shape index (κ2) is 10.5. The number of aliphatic hydroxyl groups is 1. The van der Waals surface area contributed by atoms with Gasteiger partial charge in [-0.2, -0.15) is 0 Å². The van der Waals surface area contributed by atoms with E-state index in [-0.39, 0.29) is 0 Å². The van der Waals surface area contributed by atoms with E-state index in [9.17, 15) is 9.90 Å². The fourth-order valence-electron chi connectivity index (χ4n) is 5.16. The lowest BCUT2D eigenvalue weighted by atomic mass is 9.75. The standard InChI is InChI=1S/C26H36N4O2/c27-24(31)23(20-8-3-1-4-9-20)26(32)14-18-30(19-15-26)17-6-2-5-11-22-13-12-21-10-7-16-28-25(21)29-22/h1,3-4,8-9,12-13,23,32H,2,5-7,10-11,14-19H2,(H2,27,31)(H,28,29)/t23-/m0/s1. The van der Waals surface area contributed by atoms with Crippen LogP contribution in [0.5, 0.6) is 0 Å². The molecule has 32 heavy (non-hydrogen) atoms. The number of carbonyl (C=O) groups is 1. The smallest absolute Gasteiger partial charge is 0.227 e. The lowest BCUT2D eigenvalue weighted by Crippen LogP contribution is -2.51. The molecule has 2 aliphatic rings. The molecule has 1 aromatic carbocycles. The monoisotopic (exact) mass is 436 g/mol. The van der Waals surface area contributed by atoms with Crippen LogP contribution >= 0.6 is 0 Å². The maximum Gasteiger partial charge on any atom is 0.227 e. The molecule has 2 aliphatic heterocycles. The molecular weight excluding hydrogens is 400 g/mol. The molecule has 0 spiro atoms. The zero-order valence-electron chi connectivity index (χ0n) is 18.9. The Bertz CT molecular complexity index is 894. The van der Waals surface area contributed by atoms with Crippen LogP contribution < -0.4 is 11.1 Å². The SMILES string of the molecule is NC(=O)[C@H](c1ccccc1)C1(O)CCN(CCCCCc2ccc3c(n2)NCCC3)CC1. The Morgan fingerprint density at radius 1 is 1.12 bits per heavy atom. The number of hydrogen-bond acceptors (Lipinski definition) is 5. The predicted octanol–water partition coefficient (Wildman–Crippen LogP) is 3.25. The van der Waals surface area contributed by atoms with Crippen LogP contribution in [-0.4, -0.2) is 52.7 Å². The molecule has 6 heteroatoms. The molecule has 0 bridgehead atoms. The molecule has 0 aliphatic carbocycles. The molecule has 0 saturated carbocycles. The van der Waals surface area contributed by atoms with Crippen LogP contribution in [0.4, 0.5) is 5.82 Å². The average molecular weight is 437 g/mol. The number of primary amides is 1. The van der Waals surface area contributed by atoms with E-state index in [2.05, 4.69) is 22.3 Å². The molecule has 1 atom stereocenters. The van der Waals surface area contributed by atoms with Crippen LogP contribution in [0.3, 0.4) is 0 Å². The molecule has 3 heterocycles. The summed E-state index contributed by atoms with van der Waals surface area (Å²) in [6.07, 6.45) is 7.93. The minimum atomic E-state index is -1.06. The number of nitrogens with two attached hydrogens (primary N) is 1. The van der Waals surface area contributed by atoms with E-state index in [0.29, 0.717) is 12.8 Å². The predicted molar refractivity (Wildman–Crippen MR) is 128 cm³/mol. The fourth-order valence-corrected chi connectivity index (χ4v) is 5.16. The van der Waals surface area contributed by atoms with Crippen molar-refractivity contribution in [3.05, 3.63) is 59.3 Å². The highest BCUT2D eigenvalue weighted by Crippen LogP contribution is 2.36. The van der Waals surface area contributed by atoms with E-state index in [1.54, 1.807) is 0 Å². The zero-order chi connectivity index (χ0) is 22.4. The van der Waals surface area contributed by atoms with Crippen molar-refractivity contribution in [3.8, 4) is 0 Å². The third-order valence-corrected chi connectivity index (χ3v) is 7.04. The van der Waals surface area contributed by atoms with Gasteiger partial charge >= 0.3 is 0 Å². The third kappa shape index (κ3) is 5.48. The van der Waals surface area contributed by atoms with E-state index >= 15 is 0 Å². The minimum absolute atomic E-state index is 0.446. The minimum Gasteiger partial charge on any atom is -0.389 e. The van der Waals surface area contributed by atoms with Gasteiger partial charge in [0.15, 0.2) is 0 Å². The van der Waals surface area contributed by atoms with Crippen molar-refractivity contribution in [1.29, 1.82) is 0 Å². The van der Waals surface area contributed by atoms with Gasteiger partial charge in [0.1, 0.15) is 5.82 Å². The second-order valence-corrected chi connectivity index (χ2v) is 9.34. The van der Waals surface area contributed by atoms with Crippen molar-refractivity contribution in [3.63, 3.8) is 0 Å². The lowest BCUT2D eigenvalue weighted by molar-refractivity contribution is -0.129. The summed E-state index contributed by atoms with van der Waals surface area (Å²) in [6.45, 7) is 3.65. The molecule has 1 saturated heterocycles. The van der Waals surface area contributed by atoms with Gasteiger partial charge in [0.05, 0.1) is 11.5 Å².